The summed E-state index contributed by atoms with van der Waals surface area (Å²) >= 11 is 0. The molecule has 0 aromatic rings. The van der Waals surface area contributed by atoms with Crippen LogP contribution in [0.15, 0.2) is 0 Å². The number of esters is 1. The van der Waals surface area contributed by atoms with Crippen LogP contribution in [-0.2, 0) is 14.3 Å². The topological polar surface area (TPSA) is 63.6 Å². The highest BCUT2D eigenvalue weighted by Crippen LogP contribution is 2.79. The second-order valence-electron chi connectivity index (χ2n) is 11.8. The van der Waals surface area contributed by atoms with Gasteiger partial charge in [0.1, 0.15) is 11.4 Å². The van der Waals surface area contributed by atoms with Crippen LogP contribution >= 0.6 is 0 Å². The summed E-state index contributed by atoms with van der Waals surface area (Å²) in [5.41, 5.74) is -1.10. The van der Waals surface area contributed by atoms with E-state index in [-0.39, 0.29) is 34.1 Å². The fourth-order valence-electron chi connectivity index (χ4n) is 9.83. The highest BCUT2D eigenvalue weighted by Gasteiger charge is 2.80. The highest BCUT2D eigenvalue weighted by molar-refractivity contribution is 5.81. The zero-order chi connectivity index (χ0) is 19.7. The average molecular weight is 387 g/mol. The number of fused-ring (bicyclic) bond motifs is 9. The molecule has 0 aromatic carbocycles. The quantitative estimate of drug-likeness (QED) is 0.642. The summed E-state index contributed by atoms with van der Waals surface area (Å²) < 4.78 is 6.18. The third-order valence-corrected chi connectivity index (χ3v) is 11.2. The number of ketones is 1. The Bertz CT molecular complexity index is 777. The van der Waals surface area contributed by atoms with Gasteiger partial charge >= 0.3 is 5.97 Å². The molecule has 1 aliphatic heterocycles. The van der Waals surface area contributed by atoms with E-state index in [1.165, 1.54) is 6.42 Å². The van der Waals surface area contributed by atoms with Crippen LogP contribution in [0.2, 0.25) is 0 Å². The van der Waals surface area contributed by atoms with Crippen molar-refractivity contribution in [1.29, 1.82) is 0 Å². The van der Waals surface area contributed by atoms with Crippen LogP contribution in [0.25, 0.3) is 0 Å². The number of rotatable bonds is 0. The number of aliphatic hydroxyl groups is 1. The minimum absolute atomic E-state index is 0.0128. The number of carbonyl (C=O) groups is 2. The summed E-state index contributed by atoms with van der Waals surface area (Å²) in [6.07, 6.45) is 7.79. The SMILES string of the molecule is C[C@H]1CC2C3[C@@H]4CC4[C@@]4(CCC(=O)O4)[C@@]3(C)CCC2[C@@]2(C)CCC(=O)C[C@@]12O. The molecule has 0 amide bonds. The second kappa shape index (κ2) is 5.04. The fraction of sp³-hybridized carbons (Fsp3) is 0.917. The summed E-state index contributed by atoms with van der Waals surface area (Å²) in [7, 11) is 0. The molecule has 5 saturated carbocycles. The molecule has 4 unspecified atom stereocenters. The van der Waals surface area contributed by atoms with Crippen molar-refractivity contribution >= 4 is 11.8 Å². The molecule has 0 aromatic heterocycles. The highest BCUT2D eigenvalue weighted by atomic mass is 16.6. The first-order chi connectivity index (χ1) is 13.2. The van der Waals surface area contributed by atoms with Crippen molar-refractivity contribution in [3.8, 4) is 0 Å². The van der Waals surface area contributed by atoms with Gasteiger partial charge in [0.25, 0.3) is 0 Å². The Balaban J connectivity index is 1.41. The molecule has 5 aliphatic carbocycles. The van der Waals surface area contributed by atoms with E-state index in [0.29, 0.717) is 48.9 Å². The number of Topliss-reactive ketones (excluding diaryl/α,β-unsaturated/α-hetero) is 1. The molecule has 1 heterocycles. The van der Waals surface area contributed by atoms with Gasteiger partial charge in [-0.1, -0.05) is 20.8 Å². The van der Waals surface area contributed by atoms with Crippen LogP contribution < -0.4 is 0 Å². The van der Waals surface area contributed by atoms with E-state index >= 15 is 0 Å². The van der Waals surface area contributed by atoms with E-state index in [9.17, 15) is 14.7 Å². The maximum absolute atomic E-state index is 12.3. The van der Waals surface area contributed by atoms with E-state index in [1.807, 2.05) is 0 Å². The Morgan fingerprint density at radius 3 is 2.43 bits per heavy atom. The molecule has 0 radical (unpaired) electrons. The first-order valence-corrected chi connectivity index (χ1v) is 11.6. The van der Waals surface area contributed by atoms with E-state index < -0.39 is 5.60 Å². The summed E-state index contributed by atoms with van der Waals surface area (Å²) in [5, 5.41) is 11.8. The predicted octanol–water partition coefficient (Wildman–Crippen LogP) is 3.89. The lowest BCUT2D eigenvalue weighted by molar-refractivity contribution is -0.238. The van der Waals surface area contributed by atoms with E-state index in [2.05, 4.69) is 20.8 Å². The van der Waals surface area contributed by atoms with Crippen molar-refractivity contribution in [2.75, 3.05) is 0 Å². The Hall–Kier alpha value is -0.900. The van der Waals surface area contributed by atoms with Gasteiger partial charge in [-0.25, -0.2) is 0 Å². The molecule has 6 aliphatic rings. The van der Waals surface area contributed by atoms with Crippen LogP contribution in [0.3, 0.4) is 0 Å². The number of carbonyl (C=O) groups excluding carboxylic acids is 2. The van der Waals surface area contributed by atoms with Crippen LogP contribution in [0.5, 0.6) is 0 Å². The largest absolute Gasteiger partial charge is 0.458 e. The molecule has 4 heteroatoms. The van der Waals surface area contributed by atoms with Gasteiger partial charge in [-0.2, -0.15) is 0 Å². The van der Waals surface area contributed by atoms with Crippen LogP contribution in [0.1, 0.15) is 78.6 Å². The molecule has 1 N–H and O–H groups in total. The maximum Gasteiger partial charge on any atom is 0.306 e. The van der Waals surface area contributed by atoms with Gasteiger partial charge in [-0.05, 0) is 68.1 Å². The molecule has 4 nitrogen and oxygen atoms in total. The van der Waals surface area contributed by atoms with Gasteiger partial charge in [0.15, 0.2) is 0 Å². The molecular formula is C24H34O4. The average Bonchev–Trinajstić information content (AvgIpc) is 3.26. The molecule has 1 spiro atoms. The first-order valence-electron chi connectivity index (χ1n) is 11.6. The monoisotopic (exact) mass is 386 g/mol. The van der Waals surface area contributed by atoms with Crippen molar-refractivity contribution in [1.82, 2.24) is 0 Å². The van der Waals surface area contributed by atoms with Gasteiger partial charge in [-0.3, -0.25) is 9.59 Å². The summed E-state index contributed by atoms with van der Waals surface area (Å²) in [5.74, 6) is 3.40. The van der Waals surface area contributed by atoms with Crippen molar-refractivity contribution in [3.63, 3.8) is 0 Å². The molecule has 10 atom stereocenters. The molecular weight excluding hydrogens is 352 g/mol. The number of ether oxygens (including phenoxy) is 1. The third-order valence-electron chi connectivity index (χ3n) is 11.2. The van der Waals surface area contributed by atoms with Gasteiger partial charge in [0.05, 0.1) is 5.60 Å². The summed E-state index contributed by atoms with van der Waals surface area (Å²) in [6, 6.07) is 0. The van der Waals surface area contributed by atoms with E-state index in [1.54, 1.807) is 0 Å². The van der Waals surface area contributed by atoms with Crippen molar-refractivity contribution in [2.24, 2.45) is 46.3 Å². The minimum atomic E-state index is -0.837. The van der Waals surface area contributed by atoms with Gasteiger partial charge in [0, 0.05) is 36.0 Å². The van der Waals surface area contributed by atoms with Crippen molar-refractivity contribution in [3.05, 3.63) is 0 Å². The molecule has 1 saturated heterocycles. The van der Waals surface area contributed by atoms with Crippen molar-refractivity contribution < 1.29 is 19.4 Å². The Kier molecular flexibility index (Phi) is 3.23. The van der Waals surface area contributed by atoms with Crippen LogP contribution in [-0.4, -0.2) is 28.1 Å². The smallest absolute Gasteiger partial charge is 0.306 e. The molecule has 6 rings (SSSR count). The Morgan fingerprint density at radius 1 is 0.964 bits per heavy atom. The normalized spacial score (nSPS) is 62.0. The zero-order valence-electron chi connectivity index (χ0n) is 17.5. The van der Waals surface area contributed by atoms with Gasteiger partial charge in [-0.15, -0.1) is 0 Å². The Labute approximate surface area is 167 Å². The fourth-order valence-corrected chi connectivity index (χ4v) is 9.83. The lowest BCUT2D eigenvalue weighted by atomic mass is 9.40. The maximum atomic E-state index is 12.3. The molecule has 6 fully saturated rings. The third kappa shape index (κ3) is 1.76. The van der Waals surface area contributed by atoms with E-state index in [4.69, 9.17) is 4.74 Å². The molecule has 28 heavy (non-hydrogen) atoms. The molecule has 154 valence electrons. The van der Waals surface area contributed by atoms with Crippen molar-refractivity contribution in [2.45, 2.75) is 89.8 Å². The Morgan fingerprint density at radius 2 is 1.71 bits per heavy atom. The standard InChI is InChI=1S/C24H34O4/c1-13-10-15-17(21(2)7-4-14(25)12-23(13,21)27)5-8-22(3)20(15)16-11-18(16)24(22)9-6-19(26)28-24/h13,15-18,20,27H,4-12H2,1-3H3/t13-,15?,16+,17?,18?,20?,21+,22-,23+,24-/m0/s1. The zero-order valence-corrected chi connectivity index (χ0v) is 17.5. The van der Waals surface area contributed by atoms with Gasteiger partial charge in [0.2, 0.25) is 0 Å². The van der Waals surface area contributed by atoms with Crippen LogP contribution in [0.4, 0.5) is 0 Å². The number of hydrogen-bond donors (Lipinski definition) is 1. The predicted molar refractivity (Wildman–Crippen MR) is 103 cm³/mol. The second-order valence-corrected chi connectivity index (χ2v) is 11.8. The van der Waals surface area contributed by atoms with Crippen LogP contribution in [0, 0.1) is 46.3 Å². The lowest BCUT2D eigenvalue weighted by Crippen LogP contribution is -2.66. The number of hydrogen-bond acceptors (Lipinski definition) is 4. The summed E-state index contributed by atoms with van der Waals surface area (Å²) in [6.45, 7) is 6.90. The van der Waals surface area contributed by atoms with E-state index in [0.717, 1.165) is 32.1 Å². The summed E-state index contributed by atoms with van der Waals surface area (Å²) in [4.78, 5) is 24.4. The first kappa shape index (κ1) is 17.9. The molecule has 0 bridgehead atoms. The minimum Gasteiger partial charge on any atom is -0.458 e. The van der Waals surface area contributed by atoms with Gasteiger partial charge < -0.3 is 9.84 Å². The lowest BCUT2D eigenvalue weighted by Gasteiger charge is -2.66.